The molecule has 2 nitrogen and oxygen atoms in total. The first kappa shape index (κ1) is 13.9. The Morgan fingerprint density at radius 2 is 2.05 bits per heavy atom. The maximum atomic E-state index is 13.8. The van der Waals surface area contributed by atoms with Gasteiger partial charge in [0, 0.05) is 0 Å². The first-order valence-electron chi connectivity index (χ1n) is 6.79. The van der Waals surface area contributed by atoms with Crippen molar-refractivity contribution in [2.24, 2.45) is 5.92 Å². The summed E-state index contributed by atoms with van der Waals surface area (Å²) >= 11 is 0. The summed E-state index contributed by atoms with van der Waals surface area (Å²) < 4.78 is 24.4. The molecule has 1 fully saturated rings. The van der Waals surface area contributed by atoms with E-state index < -0.39 is 0 Å². The lowest BCUT2D eigenvalue weighted by Gasteiger charge is -2.23. The van der Waals surface area contributed by atoms with Gasteiger partial charge in [0.25, 0.3) is 0 Å². The van der Waals surface area contributed by atoms with E-state index in [4.69, 9.17) is 9.47 Å². The number of hydrogen-bond acceptors (Lipinski definition) is 2. The van der Waals surface area contributed by atoms with Crippen molar-refractivity contribution in [2.45, 2.75) is 32.6 Å². The molecule has 1 aliphatic rings. The molecule has 0 radical (unpaired) electrons. The fourth-order valence-corrected chi connectivity index (χ4v) is 2.44. The molecule has 1 aliphatic carbocycles. The molecule has 0 bridgehead atoms. The Morgan fingerprint density at radius 3 is 2.74 bits per heavy atom. The lowest BCUT2D eigenvalue weighted by Crippen LogP contribution is -2.17. The molecule has 2 rings (SSSR count). The standard InChI is InChI=1S/C16H21FO2/c1-12-4-3-5-15(16(12)17)19-11-14-8-6-13(7-9-14)10-18-2/h3-5,10,14H,6-9,11H2,1-2H3. The third-order valence-electron chi connectivity index (χ3n) is 3.66. The van der Waals surface area contributed by atoms with Gasteiger partial charge in [-0.2, -0.15) is 0 Å². The van der Waals surface area contributed by atoms with E-state index in [-0.39, 0.29) is 5.82 Å². The molecule has 1 aromatic rings. The summed E-state index contributed by atoms with van der Waals surface area (Å²) in [6.45, 7) is 2.35. The average molecular weight is 264 g/mol. The van der Waals surface area contributed by atoms with E-state index in [0.29, 0.717) is 23.8 Å². The van der Waals surface area contributed by atoms with Crippen LogP contribution >= 0.6 is 0 Å². The van der Waals surface area contributed by atoms with Crippen molar-refractivity contribution in [1.82, 2.24) is 0 Å². The van der Waals surface area contributed by atoms with Crippen molar-refractivity contribution < 1.29 is 13.9 Å². The second-order valence-electron chi connectivity index (χ2n) is 5.15. The minimum atomic E-state index is -0.238. The summed E-state index contributed by atoms with van der Waals surface area (Å²) in [6.07, 6.45) is 6.12. The van der Waals surface area contributed by atoms with Gasteiger partial charge < -0.3 is 9.47 Å². The van der Waals surface area contributed by atoms with Gasteiger partial charge in [0.1, 0.15) is 0 Å². The van der Waals surface area contributed by atoms with E-state index in [2.05, 4.69) is 0 Å². The van der Waals surface area contributed by atoms with Gasteiger partial charge in [-0.3, -0.25) is 0 Å². The van der Waals surface area contributed by atoms with Crippen LogP contribution in [0.25, 0.3) is 0 Å². The summed E-state index contributed by atoms with van der Waals surface area (Å²) in [7, 11) is 1.68. The zero-order chi connectivity index (χ0) is 13.7. The van der Waals surface area contributed by atoms with Crippen LogP contribution in [0.3, 0.4) is 0 Å². The van der Waals surface area contributed by atoms with Crippen molar-refractivity contribution >= 4 is 0 Å². The van der Waals surface area contributed by atoms with E-state index in [1.54, 1.807) is 26.2 Å². The third-order valence-corrected chi connectivity index (χ3v) is 3.66. The van der Waals surface area contributed by atoms with Crippen LogP contribution in [-0.2, 0) is 4.74 Å². The van der Waals surface area contributed by atoms with E-state index in [0.717, 1.165) is 25.7 Å². The van der Waals surface area contributed by atoms with Crippen LogP contribution in [-0.4, -0.2) is 13.7 Å². The number of allylic oxidation sites excluding steroid dienone is 1. The second kappa shape index (κ2) is 6.60. The lowest BCUT2D eigenvalue weighted by atomic mass is 9.87. The molecule has 0 saturated heterocycles. The molecule has 0 spiro atoms. The normalized spacial score (nSPS) is 19.1. The number of aryl methyl sites for hydroxylation is 1. The molecule has 0 unspecified atom stereocenters. The average Bonchev–Trinajstić information content (AvgIpc) is 2.42. The summed E-state index contributed by atoms with van der Waals surface area (Å²) in [5, 5.41) is 0. The fourth-order valence-electron chi connectivity index (χ4n) is 2.44. The number of halogens is 1. The highest BCUT2D eigenvalue weighted by molar-refractivity contribution is 5.30. The number of rotatable bonds is 4. The van der Waals surface area contributed by atoms with Crippen LogP contribution in [0.2, 0.25) is 0 Å². The zero-order valence-electron chi connectivity index (χ0n) is 11.6. The third kappa shape index (κ3) is 3.72. The first-order valence-corrected chi connectivity index (χ1v) is 6.79. The Hall–Kier alpha value is -1.51. The van der Waals surface area contributed by atoms with Gasteiger partial charge in [-0.05, 0) is 55.7 Å². The molecule has 0 heterocycles. The van der Waals surface area contributed by atoms with E-state index in [9.17, 15) is 4.39 Å². The minimum Gasteiger partial charge on any atom is -0.504 e. The van der Waals surface area contributed by atoms with Gasteiger partial charge in [0.15, 0.2) is 11.6 Å². The van der Waals surface area contributed by atoms with Gasteiger partial charge in [0.2, 0.25) is 0 Å². The molecule has 3 heteroatoms. The molecule has 1 saturated carbocycles. The van der Waals surface area contributed by atoms with Gasteiger partial charge in [-0.1, -0.05) is 12.1 Å². The van der Waals surface area contributed by atoms with Crippen LogP contribution in [0, 0.1) is 18.7 Å². The predicted octanol–water partition coefficient (Wildman–Crippen LogP) is 4.23. The quantitative estimate of drug-likeness (QED) is 0.757. The highest BCUT2D eigenvalue weighted by Crippen LogP contribution is 2.29. The van der Waals surface area contributed by atoms with Gasteiger partial charge in [-0.15, -0.1) is 0 Å². The van der Waals surface area contributed by atoms with E-state index >= 15 is 0 Å². The lowest BCUT2D eigenvalue weighted by molar-refractivity contribution is 0.212. The largest absolute Gasteiger partial charge is 0.504 e. The second-order valence-corrected chi connectivity index (χ2v) is 5.15. The van der Waals surface area contributed by atoms with Crippen molar-refractivity contribution in [2.75, 3.05) is 13.7 Å². The Labute approximate surface area is 114 Å². The highest BCUT2D eigenvalue weighted by Gasteiger charge is 2.18. The molecule has 0 atom stereocenters. The molecule has 1 aromatic carbocycles. The molecule has 0 N–H and O–H groups in total. The van der Waals surface area contributed by atoms with Crippen LogP contribution in [0.1, 0.15) is 31.2 Å². The van der Waals surface area contributed by atoms with Crippen molar-refractivity contribution in [3.05, 3.63) is 41.4 Å². The zero-order valence-corrected chi connectivity index (χ0v) is 11.6. The maximum absolute atomic E-state index is 13.8. The number of methoxy groups -OCH3 is 1. The van der Waals surface area contributed by atoms with Crippen molar-refractivity contribution in [3.8, 4) is 5.75 Å². The van der Waals surface area contributed by atoms with Crippen LogP contribution < -0.4 is 4.74 Å². The van der Waals surface area contributed by atoms with Gasteiger partial charge in [0.05, 0.1) is 20.0 Å². The molecular formula is C16H21FO2. The minimum absolute atomic E-state index is 0.238. The molecule has 0 aliphatic heterocycles. The van der Waals surface area contributed by atoms with Crippen LogP contribution in [0.4, 0.5) is 4.39 Å². The Kier molecular flexibility index (Phi) is 4.83. The summed E-state index contributed by atoms with van der Waals surface area (Å²) in [4.78, 5) is 0. The van der Waals surface area contributed by atoms with Crippen LogP contribution in [0.15, 0.2) is 30.0 Å². The molecule has 19 heavy (non-hydrogen) atoms. The fraction of sp³-hybridized carbons (Fsp3) is 0.500. The maximum Gasteiger partial charge on any atom is 0.167 e. The van der Waals surface area contributed by atoms with E-state index in [1.807, 2.05) is 12.3 Å². The Balaban J connectivity index is 1.84. The monoisotopic (exact) mass is 264 g/mol. The topological polar surface area (TPSA) is 18.5 Å². The van der Waals surface area contributed by atoms with Gasteiger partial charge >= 0.3 is 0 Å². The SMILES string of the molecule is COC=C1CCC(COc2cccc(C)c2F)CC1. The van der Waals surface area contributed by atoms with Crippen LogP contribution in [0.5, 0.6) is 5.75 Å². The molecule has 104 valence electrons. The first-order chi connectivity index (χ1) is 9.20. The Bertz CT molecular complexity index is 444. The molecule has 0 amide bonds. The summed E-state index contributed by atoms with van der Waals surface area (Å²) in [5.74, 6) is 0.644. The number of benzene rings is 1. The van der Waals surface area contributed by atoms with E-state index in [1.165, 1.54) is 5.57 Å². The van der Waals surface area contributed by atoms with Gasteiger partial charge in [-0.25, -0.2) is 4.39 Å². The summed E-state index contributed by atoms with van der Waals surface area (Å²) in [5.41, 5.74) is 1.99. The van der Waals surface area contributed by atoms with Crippen molar-refractivity contribution in [1.29, 1.82) is 0 Å². The molecular weight excluding hydrogens is 243 g/mol. The highest BCUT2D eigenvalue weighted by atomic mass is 19.1. The molecule has 0 aromatic heterocycles. The predicted molar refractivity (Wildman–Crippen MR) is 73.7 cm³/mol. The number of hydrogen-bond donors (Lipinski definition) is 0. The Morgan fingerprint density at radius 1 is 1.32 bits per heavy atom. The summed E-state index contributed by atoms with van der Waals surface area (Å²) in [6, 6.07) is 5.28. The number of ether oxygens (including phenoxy) is 2. The smallest absolute Gasteiger partial charge is 0.167 e. The van der Waals surface area contributed by atoms with Crippen molar-refractivity contribution in [3.63, 3.8) is 0 Å².